The number of nitrogens with two attached hydrogens (primary N) is 1. The smallest absolute Gasteiger partial charge is 0.294 e. The molecule has 0 unspecified atom stereocenters. The minimum absolute atomic E-state index is 0.0209. The average Bonchev–Trinajstić information content (AvgIpc) is 2.61. The molecular formula is C18H17N3O6S. The van der Waals surface area contributed by atoms with E-state index in [1.54, 1.807) is 37.3 Å². The second-order valence-corrected chi connectivity index (χ2v) is 7.54. The molecule has 0 radical (unpaired) electrons. The standard InChI is InChI=1S/C18H17N3O6S/c1-10-6-12-7-14(28(24,25)26)8-15(19)16(12)18(22)17(10)21-20-13-4-2-11(3-5-13)9-27-23/h2-8,22-23H,9,19H2,1H3,(H,24,25,26). The third-order valence-corrected chi connectivity index (χ3v) is 4.94. The van der Waals surface area contributed by atoms with Crippen LogP contribution in [0.2, 0.25) is 0 Å². The largest absolute Gasteiger partial charge is 0.505 e. The van der Waals surface area contributed by atoms with E-state index in [1.807, 2.05) is 0 Å². The maximum absolute atomic E-state index is 11.4. The van der Waals surface area contributed by atoms with Gasteiger partial charge in [0.05, 0.1) is 10.6 Å². The Morgan fingerprint density at radius 2 is 1.79 bits per heavy atom. The van der Waals surface area contributed by atoms with Gasteiger partial charge in [0.2, 0.25) is 0 Å². The van der Waals surface area contributed by atoms with E-state index in [-0.39, 0.29) is 34.0 Å². The van der Waals surface area contributed by atoms with Crippen LogP contribution < -0.4 is 5.73 Å². The molecule has 9 nitrogen and oxygen atoms in total. The van der Waals surface area contributed by atoms with Crippen molar-refractivity contribution in [1.29, 1.82) is 0 Å². The first-order valence-electron chi connectivity index (χ1n) is 8.01. The monoisotopic (exact) mass is 403 g/mol. The van der Waals surface area contributed by atoms with Crippen molar-refractivity contribution >= 4 is 38.0 Å². The van der Waals surface area contributed by atoms with Crippen molar-refractivity contribution in [2.75, 3.05) is 5.73 Å². The lowest BCUT2D eigenvalue weighted by atomic mass is 10.0. The Morgan fingerprint density at radius 3 is 2.39 bits per heavy atom. The van der Waals surface area contributed by atoms with Gasteiger partial charge >= 0.3 is 0 Å². The first-order chi connectivity index (χ1) is 13.2. The summed E-state index contributed by atoms with van der Waals surface area (Å²) in [5, 5.41) is 27.8. The predicted octanol–water partition coefficient (Wildman–Crippen LogP) is 4.09. The first-order valence-corrected chi connectivity index (χ1v) is 9.45. The molecule has 0 aliphatic carbocycles. The molecule has 0 spiro atoms. The number of rotatable bonds is 5. The highest BCUT2D eigenvalue weighted by molar-refractivity contribution is 7.85. The summed E-state index contributed by atoms with van der Waals surface area (Å²) >= 11 is 0. The van der Waals surface area contributed by atoms with E-state index < -0.39 is 10.1 Å². The van der Waals surface area contributed by atoms with Crippen molar-refractivity contribution in [3.8, 4) is 5.75 Å². The normalized spacial score (nSPS) is 12.1. The SMILES string of the molecule is Cc1cc2cc(S(=O)(=O)O)cc(N)c2c(O)c1N=Nc1ccc(COO)cc1. The van der Waals surface area contributed by atoms with Gasteiger partial charge in [-0.1, -0.05) is 12.1 Å². The molecular weight excluding hydrogens is 386 g/mol. The molecule has 0 fully saturated rings. The fourth-order valence-corrected chi connectivity index (χ4v) is 3.32. The van der Waals surface area contributed by atoms with Crippen LogP contribution in [-0.2, 0) is 21.6 Å². The Kier molecular flexibility index (Phi) is 5.29. The minimum atomic E-state index is -4.43. The number of benzene rings is 3. The number of phenolic OH excluding ortho intramolecular Hbond substituents is 1. The van der Waals surface area contributed by atoms with Crippen LogP contribution >= 0.6 is 0 Å². The zero-order valence-electron chi connectivity index (χ0n) is 14.7. The summed E-state index contributed by atoms with van der Waals surface area (Å²) in [6.07, 6.45) is 0. The van der Waals surface area contributed by atoms with Crippen LogP contribution in [0.3, 0.4) is 0 Å². The number of azo groups is 1. The summed E-state index contributed by atoms with van der Waals surface area (Å²) in [5.41, 5.74) is 7.83. The number of nitrogen functional groups attached to an aromatic ring is 1. The molecule has 0 atom stereocenters. The fourth-order valence-electron chi connectivity index (χ4n) is 2.77. The lowest BCUT2D eigenvalue weighted by Crippen LogP contribution is -2.00. The molecule has 3 aromatic carbocycles. The van der Waals surface area contributed by atoms with E-state index in [1.165, 1.54) is 6.07 Å². The maximum Gasteiger partial charge on any atom is 0.294 e. The van der Waals surface area contributed by atoms with Crippen molar-refractivity contribution in [2.45, 2.75) is 18.4 Å². The Morgan fingerprint density at radius 1 is 1.11 bits per heavy atom. The molecule has 0 heterocycles. The second-order valence-electron chi connectivity index (χ2n) is 6.12. The minimum Gasteiger partial charge on any atom is -0.505 e. The van der Waals surface area contributed by atoms with Crippen molar-refractivity contribution in [3.05, 3.63) is 53.6 Å². The van der Waals surface area contributed by atoms with Gasteiger partial charge in [0, 0.05) is 11.1 Å². The predicted molar refractivity (Wildman–Crippen MR) is 103 cm³/mol. The maximum atomic E-state index is 11.4. The molecule has 5 N–H and O–H groups in total. The van der Waals surface area contributed by atoms with Crippen LogP contribution in [0.15, 0.2) is 57.6 Å². The molecule has 3 aromatic rings. The van der Waals surface area contributed by atoms with Gasteiger partial charge in [-0.15, -0.1) is 5.11 Å². The van der Waals surface area contributed by atoms with Gasteiger partial charge in [-0.25, -0.2) is 4.89 Å². The Balaban J connectivity index is 2.05. The van der Waals surface area contributed by atoms with Gasteiger partial charge in [-0.2, -0.15) is 13.5 Å². The Labute approximate surface area is 160 Å². The highest BCUT2D eigenvalue weighted by Gasteiger charge is 2.17. The van der Waals surface area contributed by atoms with Crippen molar-refractivity contribution in [1.82, 2.24) is 0 Å². The second kappa shape index (κ2) is 7.52. The number of hydrogen-bond donors (Lipinski definition) is 4. The molecule has 0 aromatic heterocycles. The van der Waals surface area contributed by atoms with Crippen molar-refractivity contribution in [3.63, 3.8) is 0 Å². The van der Waals surface area contributed by atoms with Gasteiger partial charge in [-0.05, 0) is 53.8 Å². The van der Waals surface area contributed by atoms with Gasteiger partial charge in [0.25, 0.3) is 10.1 Å². The summed E-state index contributed by atoms with van der Waals surface area (Å²) in [4.78, 5) is 3.69. The summed E-state index contributed by atoms with van der Waals surface area (Å²) in [7, 11) is -4.43. The first kappa shape index (κ1) is 19.7. The summed E-state index contributed by atoms with van der Waals surface area (Å²) in [6.45, 7) is 1.72. The van der Waals surface area contributed by atoms with E-state index in [9.17, 15) is 18.1 Å². The Bertz CT molecular complexity index is 1170. The van der Waals surface area contributed by atoms with E-state index in [0.717, 1.165) is 11.6 Å². The zero-order chi connectivity index (χ0) is 20.5. The quantitative estimate of drug-likeness (QED) is 0.164. The number of phenols is 1. The van der Waals surface area contributed by atoms with Crippen molar-refractivity contribution in [2.24, 2.45) is 10.2 Å². The van der Waals surface area contributed by atoms with Crippen LogP contribution in [0.4, 0.5) is 17.1 Å². The van der Waals surface area contributed by atoms with Gasteiger partial charge in [0.1, 0.15) is 12.3 Å². The summed E-state index contributed by atoms with van der Waals surface area (Å²) in [6, 6.07) is 10.6. The van der Waals surface area contributed by atoms with Crippen molar-refractivity contribution < 1.29 is 28.2 Å². The van der Waals surface area contributed by atoms with Crippen LogP contribution in [0.25, 0.3) is 10.8 Å². The van der Waals surface area contributed by atoms with E-state index in [4.69, 9.17) is 11.0 Å². The molecule has 146 valence electrons. The molecule has 3 rings (SSSR count). The lowest BCUT2D eigenvalue weighted by molar-refractivity contribution is -0.253. The van der Waals surface area contributed by atoms with Gasteiger partial charge in [-0.3, -0.25) is 9.81 Å². The van der Waals surface area contributed by atoms with Crippen LogP contribution in [-0.4, -0.2) is 23.3 Å². The van der Waals surface area contributed by atoms with Crippen LogP contribution in [0.1, 0.15) is 11.1 Å². The molecule has 28 heavy (non-hydrogen) atoms. The highest BCUT2D eigenvalue weighted by atomic mass is 32.2. The van der Waals surface area contributed by atoms with Crippen LogP contribution in [0, 0.1) is 6.92 Å². The number of aromatic hydroxyl groups is 1. The number of aryl methyl sites for hydroxylation is 1. The number of fused-ring (bicyclic) bond motifs is 1. The Hall–Kier alpha value is -3.05. The molecule has 0 amide bonds. The number of anilines is 1. The van der Waals surface area contributed by atoms with E-state index in [2.05, 4.69) is 15.1 Å². The molecule has 0 aliphatic rings. The molecule has 10 heteroatoms. The number of nitrogens with zero attached hydrogens (tertiary/aromatic N) is 2. The molecule has 0 aliphatic heterocycles. The van der Waals surface area contributed by atoms with Gasteiger partial charge in [0.15, 0.2) is 5.75 Å². The van der Waals surface area contributed by atoms with Crippen LogP contribution in [0.5, 0.6) is 5.75 Å². The zero-order valence-corrected chi connectivity index (χ0v) is 15.5. The molecule has 0 saturated heterocycles. The molecule has 0 saturated carbocycles. The summed E-state index contributed by atoms with van der Waals surface area (Å²) in [5.74, 6) is -0.247. The topological polar surface area (TPSA) is 155 Å². The third kappa shape index (κ3) is 3.94. The summed E-state index contributed by atoms with van der Waals surface area (Å²) < 4.78 is 32.0. The lowest BCUT2D eigenvalue weighted by Gasteiger charge is -2.11. The van der Waals surface area contributed by atoms with Gasteiger partial charge < -0.3 is 10.8 Å². The third-order valence-electron chi connectivity index (χ3n) is 4.11. The van der Waals surface area contributed by atoms with E-state index in [0.29, 0.717) is 16.6 Å². The molecule has 0 bridgehead atoms. The number of hydrogen-bond acceptors (Lipinski definition) is 8. The highest BCUT2D eigenvalue weighted by Crippen LogP contribution is 2.42. The fraction of sp³-hybridized carbons (Fsp3) is 0.111. The van der Waals surface area contributed by atoms with E-state index >= 15 is 0 Å². The average molecular weight is 403 g/mol.